The van der Waals surface area contributed by atoms with Crippen molar-refractivity contribution < 1.29 is 18.0 Å². The van der Waals surface area contributed by atoms with Crippen molar-refractivity contribution in [3.05, 3.63) is 29.8 Å². The van der Waals surface area contributed by atoms with Gasteiger partial charge in [-0.15, -0.1) is 0 Å². The molecule has 0 saturated heterocycles. The van der Waals surface area contributed by atoms with E-state index >= 15 is 0 Å². The van der Waals surface area contributed by atoms with Gasteiger partial charge in [-0.1, -0.05) is 38.0 Å². The van der Waals surface area contributed by atoms with E-state index in [4.69, 9.17) is 0 Å². The number of hydrogen-bond donors (Lipinski definition) is 1. The van der Waals surface area contributed by atoms with E-state index in [0.29, 0.717) is 12.0 Å². The standard InChI is InChI=1S/C13H19NO4S/c1-3-4-5-10-13(15)18-14-19(16,17)12-9-7-6-8-11(12)2/h6-9,14H,3-5,10H2,1-2H3. The Morgan fingerprint density at radius 2 is 1.95 bits per heavy atom. The van der Waals surface area contributed by atoms with Crippen LogP contribution in [-0.4, -0.2) is 14.4 Å². The first-order chi connectivity index (χ1) is 8.97. The SMILES string of the molecule is CCCCCC(=O)ONS(=O)(=O)c1ccccc1C. The van der Waals surface area contributed by atoms with Crippen molar-refractivity contribution in [1.29, 1.82) is 0 Å². The average molecular weight is 285 g/mol. The maximum atomic E-state index is 11.9. The number of carbonyl (C=O) groups excluding carboxylic acids is 1. The van der Waals surface area contributed by atoms with Crippen molar-refractivity contribution in [2.45, 2.75) is 44.4 Å². The van der Waals surface area contributed by atoms with Gasteiger partial charge in [0, 0.05) is 6.42 Å². The molecule has 1 rings (SSSR count). The fourth-order valence-corrected chi connectivity index (χ4v) is 2.62. The highest BCUT2D eigenvalue weighted by molar-refractivity contribution is 7.89. The largest absolute Gasteiger partial charge is 0.356 e. The molecule has 0 unspecified atom stereocenters. The summed E-state index contributed by atoms with van der Waals surface area (Å²) in [7, 11) is -3.81. The lowest BCUT2D eigenvalue weighted by atomic mass is 10.2. The zero-order valence-corrected chi connectivity index (χ0v) is 12.0. The summed E-state index contributed by atoms with van der Waals surface area (Å²) in [6.45, 7) is 3.70. The van der Waals surface area contributed by atoms with E-state index in [9.17, 15) is 13.2 Å². The molecule has 0 spiro atoms. The summed E-state index contributed by atoms with van der Waals surface area (Å²) in [4.78, 5) is 17.9. The van der Waals surface area contributed by atoms with Crippen LogP contribution < -0.4 is 4.89 Å². The highest BCUT2D eigenvalue weighted by Gasteiger charge is 2.18. The van der Waals surface area contributed by atoms with Crippen molar-refractivity contribution >= 4 is 16.0 Å². The van der Waals surface area contributed by atoms with Crippen molar-refractivity contribution in [3.8, 4) is 0 Å². The third-order valence-corrected chi connectivity index (χ3v) is 3.97. The summed E-state index contributed by atoms with van der Waals surface area (Å²) in [6.07, 6.45) is 2.81. The molecule has 106 valence electrons. The van der Waals surface area contributed by atoms with E-state index < -0.39 is 16.0 Å². The molecule has 0 saturated carbocycles. The van der Waals surface area contributed by atoms with E-state index in [1.54, 1.807) is 25.1 Å². The fourth-order valence-electron chi connectivity index (χ4n) is 1.57. The van der Waals surface area contributed by atoms with Crippen LogP contribution in [0.3, 0.4) is 0 Å². The molecule has 0 aromatic heterocycles. The fraction of sp³-hybridized carbons (Fsp3) is 0.462. The molecule has 0 fully saturated rings. The van der Waals surface area contributed by atoms with Gasteiger partial charge >= 0.3 is 5.97 Å². The Morgan fingerprint density at radius 3 is 2.58 bits per heavy atom. The van der Waals surface area contributed by atoms with Crippen LogP contribution in [-0.2, 0) is 19.7 Å². The van der Waals surface area contributed by atoms with Gasteiger partial charge in [0.2, 0.25) is 0 Å². The van der Waals surface area contributed by atoms with Crippen LogP contribution >= 0.6 is 0 Å². The first-order valence-corrected chi connectivity index (χ1v) is 7.73. The normalized spacial score (nSPS) is 11.3. The predicted molar refractivity (Wildman–Crippen MR) is 71.7 cm³/mol. The molecule has 19 heavy (non-hydrogen) atoms. The Hall–Kier alpha value is -1.40. The quantitative estimate of drug-likeness (QED) is 0.616. The van der Waals surface area contributed by atoms with Gasteiger partial charge < -0.3 is 4.84 Å². The van der Waals surface area contributed by atoms with Gasteiger partial charge in [0.05, 0.1) is 4.90 Å². The zero-order chi connectivity index (χ0) is 14.3. The summed E-state index contributed by atoms with van der Waals surface area (Å²) in [5.41, 5.74) is 0.594. The Morgan fingerprint density at radius 1 is 1.26 bits per heavy atom. The molecule has 5 nitrogen and oxygen atoms in total. The van der Waals surface area contributed by atoms with Crippen LogP contribution in [0.2, 0.25) is 0 Å². The highest BCUT2D eigenvalue weighted by atomic mass is 32.2. The Labute approximate surface area is 114 Å². The highest BCUT2D eigenvalue weighted by Crippen LogP contribution is 2.13. The smallest absolute Gasteiger partial charge is 0.326 e. The van der Waals surface area contributed by atoms with Gasteiger partial charge in [0.1, 0.15) is 0 Å². The second-order valence-electron chi connectivity index (χ2n) is 4.28. The number of unbranched alkanes of at least 4 members (excludes halogenated alkanes) is 2. The number of carbonyl (C=O) groups is 1. The summed E-state index contributed by atoms with van der Waals surface area (Å²) in [6, 6.07) is 6.50. The van der Waals surface area contributed by atoms with Gasteiger partial charge in [0.15, 0.2) is 0 Å². The van der Waals surface area contributed by atoms with Gasteiger partial charge in [-0.2, -0.15) is 0 Å². The third kappa shape index (κ3) is 5.00. The van der Waals surface area contributed by atoms with Crippen LogP contribution in [0.4, 0.5) is 0 Å². The number of rotatable bonds is 7. The van der Waals surface area contributed by atoms with Crippen molar-refractivity contribution in [2.24, 2.45) is 0 Å². The van der Waals surface area contributed by atoms with Gasteiger partial charge in [-0.25, -0.2) is 8.42 Å². The van der Waals surface area contributed by atoms with E-state index in [-0.39, 0.29) is 11.3 Å². The number of sulfonamides is 1. The molecule has 0 aliphatic carbocycles. The maximum absolute atomic E-state index is 11.9. The number of benzene rings is 1. The summed E-state index contributed by atoms with van der Waals surface area (Å²) in [5.74, 6) is -0.564. The molecule has 0 atom stereocenters. The van der Waals surface area contributed by atoms with Crippen molar-refractivity contribution in [3.63, 3.8) is 0 Å². The van der Waals surface area contributed by atoms with E-state index in [1.807, 2.05) is 11.8 Å². The first-order valence-electron chi connectivity index (χ1n) is 6.24. The molecule has 0 aliphatic heterocycles. The van der Waals surface area contributed by atoms with Crippen molar-refractivity contribution in [2.75, 3.05) is 0 Å². The van der Waals surface area contributed by atoms with E-state index in [0.717, 1.165) is 12.8 Å². The lowest BCUT2D eigenvalue weighted by molar-refractivity contribution is -0.147. The molecule has 0 aliphatic rings. The van der Waals surface area contributed by atoms with Gasteiger partial charge in [-0.3, -0.25) is 4.79 Å². The molecule has 0 bridgehead atoms. The minimum absolute atomic E-state index is 0.108. The number of nitrogens with one attached hydrogen (secondary N) is 1. The molecular formula is C13H19NO4S. The topological polar surface area (TPSA) is 72.5 Å². The van der Waals surface area contributed by atoms with E-state index in [2.05, 4.69) is 4.84 Å². The lowest BCUT2D eigenvalue weighted by Gasteiger charge is -2.08. The molecule has 1 aromatic rings. The predicted octanol–water partition coefficient (Wildman–Crippen LogP) is 2.31. The zero-order valence-electron chi connectivity index (χ0n) is 11.2. The molecule has 0 radical (unpaired) electrons. The van der Waals surface area contributed by atoms with Crippen LogP contribution in [0.15, 0.2) is 29.2 Å². The molecular weight excluding hydrogens is 266 g/mol. The van der Waals surface area contributed by atoms with E-state index in [1.165, 1.54) is 6.07 Å². The maximum Gasteiger partial charge on any atom is 0.326 e. The molecule has 1 N–H and O–H groups in total. The summed E-state index contributed by atoms with van der Waals surface area (Å²) in [5, 5.41) is 0. The molecule has 0 amide bonds. The Bertz CT molecular complexity index is 525. The monoisotopic (exact) mass is 285 g/mol. The minimum Gasteiger partial charge on any atom is -0.356 e. The minimum atomic E-state index is -3.81. The average Bonchev–Trinajstić information content (AvgIpc) is 2.37. The summed E-state index contributed by atoms with van der Waals surface area (Å²) >= 11 is 0. The second-order valence-corrected chi connectivity index (χ2v) is 5.90. The van der Waals surface area contributed by atoms with Crippen LogP contribution in [0.1, 0.15) is 38.2 Å². The molecule has 6 heteroatoms. The molecule has 0 heterocycles. The van der Waals surface area contributed by atoms with Crippen LogP contribution in [0.5, 0.6) is 0 Å². The lowest BCUT2D eigenvalue weighted by Crippen LogP contribution is -2.27. The van der Waals surface area contributed by atoms with Gasteiger partial charge in [-0.05, 0) is 29.9 Å². The van der Waals surface area contributed by atoms with Gasteiger partial charge in [0.25, 0.3) is 10.0 Å². The van der Waals surface area contributed by atoms with Crippen LogP contribution in [0, 0.1) is 6.92 Å². The molecule has 1 aromatic carbocycles. The second kappa shape index (κ2) is 7.25. The first kappa shape index (κ1) is 15.7. The number of aryl methyl sites for hydroxylation is 1. The third-order valence-electron chi connectivity index (χ3n) is 2.63. The Kier molecular flexibility index (Phi) is 5.98. The van der Waals surface area contributed by atoms with Crippen LogP contribution in [0.25, 0.3) is 0 Å². The number of hydrogen-bond acceptors (Lipinski definition) is 4. The Balaban J connectivity index is 2.57. The summed E-state index contributed by atoms with van der Waals surface area (Å²) < 4.78 is 23.8. The van der Waals surface area contributed by atoms with Crippen molar-refractivity contribution in [1.82, 2.24) is 4.89 Å².